The summed E-state index contributed by atoms with van der Waals surface area (Å²) in [6, 6.07) is 11.2. The molecule has 0 aromatic carbocycles. The first-order chi connectivity index (χ1) is 12.2. The lowest BCUT2D eigenvalue weighted by atomic mass is 10.1. The van der Waals surface area contributed by atoms with Crippen molar-refractivity contribution in [2.75, 3.05) is 0 Å². The standard InChI is InChI=1S/C19H19N5O/c1-3-15(16-9-6-7-13(2)23-16)24-19(25)14-11-21-18(22-12-14)17-8-4-5-10-20-17/h4-12,15H,3H2,1-2H3,(H,24,25). The zero-order valence-electron chi connectivity index (χ0n) is 14.2. The molecule has 0 saturated heterocycles. The van der Waals surface area contributed by atoms with Crippen LogP contribution in [-0.2, 0) is 0 Å². The lowest BCUT2D eigenvalue weighted by Gasteiger charge is -2.16. The second-order valence-corrected chi connectivity index (χ2v) is 5.65. The summed E-state index contributed by atoms with van der Waals surface area (Å²) in [5, 5.41) is 2.99. The second kappa shape index (κ2) is 7.61. The van der Waals surface area contributed by atoms with Crippen LogP contribution in [0, 0.1) is 6.92 Å². The largest absolute Gasteiger partial charge is 0.344 e. The molecule has 1 unspecified atom stereocenters. The van der Waals surface area contributed by atoms with E-state index in [0.717, 1.165) is 17.8 Å². The van der Waals surface area contributed by atoms with E-state index in [2.05, 4.69) is 25.3 Å². The number of nitrogens with zero attached hydrogens (tertiary/aromatic N) is 4. The first-order valence-electron chi connectivity index (χ1n) is 8.15. The minimum Gasteiger partial charge on any atom is -0.344 e. The second-order valence-electron chi connectivity index (χ2n) is 5.65. The van der Waals surface area contributed by atoms with Crippen LogP contribution >= 0.6 is 0 Å². The number of hydrogen-bond acceptors (Lipinski definition) is 5. The molecule has 3 heterocycles. The number of carbonyl (C=O) groups is 1. The van der Waals surface area contributed by atoms with Crippen molar-refractivity contribution < 1.29 is 4.79 Å². The predicted molar refractivity (Wildman–Crippen MR) is 94.7 cm³/mol. The van der Waals surface area contributed by atoms with Crippen molar-refractivity contribution in [3.8, 4) is 11.5 Å². The van der Waals surface area contributed by atoms with Gasteiger partial charge in [0.25, 0.3) is 5.91 Å². The highest BCUT2D eigenvalue weighted by atomic mass is 16.1. The van der Waals surface area contributed by atoms with Gasteiger partial charge in [0.2, 0.25) is 0 Å². The molecule has 0 aliphatic carbocycles. The number of nitrogens with one attached hydrogen (secondary N) is 1. The zero-order chi connectivity index (χ0) is 17.6. The molecule has 126 valence electrons. The summed E-state index contributed by atoms with van der Waals surface area (Å²) in [7, 11) is 0. The van der Waals surface area contributed by atoms with Crippen molar-refractivity contribution >= 4 is 5.91 Å². The number of amides is 1. The van der Waals surface area contributed by atoms with Crippen LogP contribution in [0.3, 0.4) is 0 Å². The SMILES string of the molecule is CCC(NC(=O)c1cnc(-c2ccccn2)nc1)c1cccc(C)n1. The van der Waals surface area contributed by atoms with E-state index in [1.165, 1.54) is 12.4 Å². The summed E-state index contributed by atoms with van der Waals surface area (Å²) >= 11 is 0. The van der Waals surface area contributed by atoms with E-state index in [9.17, 15) is 4.79 Å². The average Bonchev–Trinajstić information content (AvgIpc) is 2.66. The fraction of sp³-hybridized carbons (Fsp3) is 0.211. The maximum absolute atomic E-state index is 12.5. The van der Waals surface area contributed by atoms with Gasteiger partial charge in [0, 0.05) is 24.3 Å². The molecule has 6 heteroatoms. The molecule has 1 amide bonds. The number of hydrogen-bond donors (Lipinski definition) is 1. The predicted octanol–water partition coefficient (Wildman–Crippen LogP) is 3.12. The minimum absolute atomic E-state index is 0.150. The summed E-state index contributed by atoms with van der Waals surface area (Å²) in [4.78, 5) is 29.7. The van der Waals surface area contributed by atoms with E-state index in [0.29, 0.717) is 17.1 Å². The van der Waals surface area contributed by atoms with Gasteiger partial charge < -0.3 is 5.32 Å². The third-order valence-electron chi connectivity index (χ3n) is 3.79. The summed E-state index contributed by atoms with van der Waals surface area (Å²) in [5.74, 6) is 0.271. The van der Waals surface area contributed by atoms with Gasteiger partial charge >= 0.3 is 0 Å². The van der Waals surface area contributed by atoms with Crippen molar-refractivity contribution in [1.29, 1.82) is 0 Å². The van der Waals surface area contributed by atoms with Crippen molar-refractivity contribution in [2.24, 2.45) is 0 Å². The maximum Gasteiger partial charge on any atom is 0.254 e. The molecule has 0 fully saturated rings. The zero-order valence-corrected chi connectivity index (χ0v) is 14.2. The van der Waals surface area contributed by atoms with Crippen LogP contribution in [0.25, 0.3) is 11.5 Å². The van der Waals surface area contributed by atoms with Gasteiger partial charge in [-0.25, -0.2) is 9.97 Å². The normalized spacial score (nSPS) is 11.8. The highest BCUT2D eigenvalue weighted by Crippen LogP contribution is 2.16. The van der Waals surface area contributed by atoms with Crippen LogP contribution in [0.4, 0.5) is 0 Å². The number of pyridine rings is 2. The fourth-order valence-corrected chi connectivity index (χ4v) is 2.46. The van der Waals surface area contributed by atoms with E-state index >= 15 is 0 Å². The van der Waals surface area contributed by atoms with E-state index in [-0.39, 0.29) is 11.9 Å². The Balaban J connectivity index is 1.74. The Morgan fingerprint density at radius 1 is 1.08 bits per heavy atom. The maximum atomic E-state index is 12.5. The summed E-state index contributed by atoms with van der Waals surface area (Å²) in [6.45, 7) is 3.94. The summed E-state index contributed by atoms with van der Waals surface area (Å²) < 4.78 is 0. The Hall–Kier alpha value is -3.15. The third kappa shape index (κ3) is 4.03. The molecular weight excluding hydrogens is 314 g/mol. The monoisotopic (exact) mass is 333 g/mol. The molecule has 3 aromatic heterocycles. The Bertz CT molecular complexity index is 849. The first-order valence-corrected chi connectivity index (χ1v) is 8.15. The van der Waals surface area contributed by atoms with E-state index in [1.54, 1.807) is 6.20 Å². The molecule has 1 N–H and O–H groups in total. The molecule has 0 radical (unpaired) electrons. The molecule has 1 atom stereocenters. The lowest BCUT2D eigenvalue weighted by molar-refractivity contribution is 0.0934. The minimum atomic E-state index is -0.220. The Kier molecular flexibility index (Phi) is 5.09. The van der Waals surface area contributed by atoms with E-state index in [4.69, 9.17) is 0 Å². The fourth-order valence-electron chi connectivity index (χ4n) is 2.46. The first kappa shape index (κ1) is 16.7. The molecular formula is C19H19N5O. The quantitative estimate of drug-likeness (QED) is 0.776. The molecule has 0 aliphatic rings. The molecule has 0 bridgehead atoms. The summed E-state index contributed by atoms with van der Waals surface area (Å²) in [6.07, 6.45) is 5.46. The Morgan fingerprint density at radius 2 is 1.88 bits per heavy atom. The van der Waals surface area contributed by atoms with Gasteiger partial charge in [-0.1, -0.05) is 19.1 Å². The Morgan fingerprint density at radius 3 is 2.52 bits per heavy atom. The molecule has 6 nitrogen and oxygen atoms in total. The van der Waals surface area contributed by atoms with Gasteiger partial charge in [-0.15, -0.1) is 0 Å². The highest BCUT2D eigenvalue weighted by molar-refractivity contribution is 5.93. The van der Waals surface area contributed by atoms with Gasteiger partial charge in [0.15, 0.2) is 5.82 Å². The molecule has 3 rings (SSSR count). The van der Waals surface area contributed by atoms with Gasteiger partial charge in [-0.2, -0.15) is 0 Å². The number of carbonyl (C=O) groups excluding carboxylic acids is 1. The smallest absolute Gasteiger partial charge is 0.254 e. The van der Waals surface area contributed by atoms with Crippen molar-refractivity contribution in [2.45, 2.75) is 26.3 Å². The molecule has 0 aliphatic heterocycles. The molecule has 25 heavy (non-hydrogen) atoms. The van der Waals surface area contributed by atoms with Gasteiger partial charge in [0.05, 0.1) is 17.3 Å². The van der Waals surface area contributed by atoms with Crippen LogP contribution in [0.5, 0.6) is 0 Å². The van der Waals surface area contributed by atoms with Crippen molar-refractivity contribution in [1.82, 2.24) is 25.3 Å². The van der Waals surface area contributed by atoms with Crippen LogP contribution in [0.2, 0.25) is 0 Å². The van der Waals surface area contributed by atoms with Gasteiger partial charge in [-0.3, -0.25) is 14.8 Å². The van der Waals surface area contributed by atoms with E-state index in [1.807, 2.05) is 50.2 Å². The van der Waals surface area contributed by atoms with Crippen molar-refractivity contribution in [3.63, 3.8) is 0 Å². The van der Waals surface area contributed by atoms with Crippen LogP contribution in [0.15, 0.2) is 55.0 Å². The number of aromatic nitrogens is 4. The molecule has 0 spiro atoms. The highest BCUT2D eigenvalue weighted by Gasteiger charge is 2.16. The molecule has 3 aromatic rings. The number of rotatable bonds is 5. The topological polar surface area (TPSA) is 80.7 Å². The van der Waals surface area contributed by atoms with Crippen LogP contribution in [0.1, 0.15) is 41.1 Å². The van der Waals surface area contributed by atoms with E-state index < -0.39 is 0 Å². The van der Waals surface area contributed by atoms with Gasteiger partial charge in [0.1, 0.15) is 5.69 Å². The lowest BCUT2D eigenvalue weighted by Crippen LogP contribution is -2.29. The van der Waals surface area contributed by atoms with Gasteiger partial charge in [-0.05, 0) is 37.6 Å². The number of aryl methyl sites for hydroxylation is 1. The third-order valence-corrected chi connectivity index (χ3v) is 3.79. The summed E-state index contributed by atoms with van der Waals surface area (Å²) in [5.41, 5.74) is 2.85. The van der Waals surface area contributed by atoms with Crippen molar-refractivity contribution in [3.05, 3.63) is 71.9 Å². The van der Waals surface area contributed by atoms with Crippen LogP contribution in [-0.4, -0.2) is 25.8 Å². The molecule has 0 saturated carbocycles. The average molecular weight is 333 g/mol. The Labute approximate surface area is 146 Å². The van der Waals surface area contributed by atoms with Crippen LogP contribution < -0.4 is 5.32 Å².